The maximum absolute atomic E-state index is 12.0. The monoisotopic (exact) mass is 394 g/mol. The van der Waals surface area contributed by atoms with E-state index in [0.29, 0.717) is 10.6 Å². The highest BCUT2D eigenvalue weighted by molar-refractivity contribution is 6.32. The van der Waals surface area contributed by atoms with Crippen LogP contribution in [0.15, 0.2) is 90.5 Å². The third kappa shape index (κ3) is 2.89. The van der Waals surface area contributed by atoms with Crippen molar-refractivity contribution in [3.8, 4) is 11.1 Å². The van der Waals surface area contributed by atoms with Gasteiger partial charge in [-0.15, -0.1) is 0 Å². The number of hydrogen-bond acceptors (Lipinski definition) is 2. The molecule has 0 saturated carbocycles. The second-order valence-corrected chi connectivity index (χ2v) is 7.45. The molecule has 0 bridgehead atoms. The Hall–Kier alpha value is -3.49. The van der Waals surface area contributed by atoms with E-state index in [9.17, 15) is 9.59 Å². The normalized spacial score (nSPS) is 14.8. The summed E-state index contributed by atoms with van der Waals surface area (Å²) in [6.45, 7) is 0. The number of fused-ring (bicyclic) bond motifs is 6. The summed E-state index contributed by atoms with van der Waals surface area (Å²) >= 11 is 5.88. The van der Waals surface area contributed by atoms with Crippen molar-refractivity contribution in [1.82, 2.24) is 0 Å². The Balaban J connectivity index is 0.000000125. The van der Waals surface area contributed by atoms with Crippen molar-refractivity contribution in [2.45, 2.75) is 0 Å². The lowest BCUT2D eigenvalue weighted by atomic mass is 9.96. The molecule has 0 N–H and O–H groups in total. The zero-order valence-electron chi connectivity index (χ0n) is 15.4. The molecule has 0 unspecified atom stereocenters. The van der Waals surface area contributed by atoms with E-state index >= 15 is 0 Å². The molecular formula is C26H15ClO2. The predicted molar refractivity (Wildman–Crippen MR) is 117 cm³/mol. The first-order valence-corrected chi connectivity index (χ1v) is 9.69. The molecular weight excluding hydrogens is 380 g/mol. The number of halogens is 1. The van der Waals surface area contributed by atoms with Crippen LogP contribution in [-0.2, 0) is 4.79 Å². The van der Waals surface area contributed by atoms with Crippen molar-refractivity contribution in [1.29, 1.82) is 0 Å². The van der Waals surface area contributed by atoms with E-state index in [-0.39, 0.29) is 11.6 Å². The highest BCUT2D eigenvalue weighted by Crippen LogP contribution is 2.38. The first kappa shape index (κ1) is 17.6. The van der Waals surface area contributed by atoms with Gasteiger partial charge in [0.15, 0.2) is 11.6 Å². The molecule has 0 amide bonds. The topological polar surface area (TPSA) is 34.1 Å². The third-order valence-corrected chi connectivity index (χ3v) is 5.54. The van der Waals surface area contributed by atoms with Gasteiger partial charge in [-0.1, -0.05) is 78.4 Å². The summed E-state index contributed by atoms with van der Waals surface area (Å²) in [7, 11) is 0. The predicted octanol–water partition coefficient (Wildman–Crippen LogP) is 6.16. The van der Waals surface area contributed by atoms with Crippen molar-refractivity contribution >= 4 is 34.8 Å². The van der Waals surface area contributed by atoms with E-state index in [4.69, 9.17) is 11.6 Å². The Kier molecular flexibility index (Phi) is 4.15. The van der Waals surface area contributed by atoms with Crippen LogP contribution in [0.3, 0.4) is 0 Å². The number of rotatable bonds is 0. The average molecular weight is 395 g/mol. The van der Waals surface area contributed by atoms with Crippen LogP contribution in [0.5, 0.6) is 0 Å². The van der Waals surface area contributed by atoms with Gasteiger partial charge in [-0.05, 0) is 52.1 Å². The van der Waals surface area contributed by atoms with E-state index < -0.39 is 0 Å². The van der Waals surface area contributed by atoms with Gasteiger partial charge in [0.25, 0.3) is 0 Å². The number of benzene rings is 3. The molecule has 3 aliphatic carbocycles. The van der Waals surface area contributed by atoms with Gasteiger partial charge >= 0.3 is 0 Å². The fourth-order valence-electron chi connectivity index (χ4n) is 3.95. The lowest BCUT2D eigenvalue weighted by Crippen LogP contribution is -2.00. The van der Waals surface area contributed by atoms with E-state index in [1.807, 2.05) is 72.8 Å². The van der Waals surface area contributed by atoms with Crippen LogP contribution in [0, 0.1) is 0 Å². The zero-order chi connectivity index (χ0) is 20.0. The van der Waals surface area contributed by atoms with Gasteiger partial charge in [0.1, 0.15) is 0 Å². The van der Waals surface area contributed by atoms with Gasteiger partial charge in [-0.25, -0.2) is 0 Å². The molecule has 0 saturated heterocycles. The van der Waals surface area contributed by atoms with Gasteiger partial charge in [0.2, 0.25) is 0 Å². The molecule has 3 aromatic rings. The number of carbonyl (C=O) groups excluding carboxylic acids is 2. The smallest absolute Gasteiger partial charge is 0.194 e. The standard InChI is InChI=1S/C13H7ClO.C13H8O/c14-8-5-6-10-9-3-1-2-4-11(9)13(15)12(10)7-8;14-13-7-3-6-11-10-5-2-1-4-9(10)8-12(11)13/h1-7H;1-8H. The molecule has 2 nitrogen and oxygen atoms in total. The molecule has 3 aromatic carbocycles. The number of carbonyl (C=O) groups is 2. The maximum atomic E-state index is 12.0. The summed E-state index contributed by atoms with van der Waals surface area (Å²) in [5, 5.41) is 0.606. The van der Waals surface area contributed by atoms with Crippen molar-refractivity contribution in [2.75, 3.05) is 0 Å². The molecule has 3 heteroatoms. The van der Waals surface area contributed by atoms with Crippen LogP contribution < -0.4 is 0 Å². The van der Waals surface area contributed by atoms with Gasteiger partial charge in [-0.2, -0.15) is 0 Å². The average Bonchev–Trinajstić information content (AvgIpc) is 3.26. The minimum absolute atomic E-state index is 0.0723. The third-order valence-electron chi connectivity index (χ3n) is 5.31. The van der Waals surface area contributed by atoms with Gasteiger partial charge in [-0.3, -0.25) is 9.59 Å². The molecule has 0 heterocycles. The molecule has 0 aliphatic heterocycles. The second-order valence-electron chi connectivity index (χ2n) is 7.01. The van der Waals surface area contributed by atoms with E-state index in [1.54, 1.807) is 12.1 Å². The first-order chi connectivity index (χ1) is 14.1. The lowest BCUT2D eigenvalue weighted by Gasteiger charge is -2.06. The van der Waals surface area contributed by atoms with Crippen molar-refractivity contribution in [2.24, 2.45) is 0 Å². The van der Waals surface area contributed by atoms with Crippen LogP contribution in [0.25, 0.3) is 22.8 Å². The molecule has 0 spiro atoms. The number of ketones is 2. The minimum Gasteiger partial charge on any atom is -0.289 e. The lowest BCUT2D eigenvalue weighted by molar-refractivity contribution is -0.110. The van der Waals surface area contributed by atoms with E-state index in [2.05, 4.69) is 6.07 Å². The van der Waals surface area contributed by atoms with Crippen molar-refractivity contribution in [3.63, 3.8) is 0 Å². The van der Waals surface area contributed by atoms with Crippen LogP contribution >= 0.6 is 11.6 Å². The Morgan fingerprint density at radius 1 is 0.655 bits per heavy atom. The van der Waals surface area contributed by atoms with E-state index in [1.165, 1.54) is 5.56 Å². The zero-order valence-corrected chi connectivity index (χ0v) is 16.1. The molecule has 0 radical (unpaired) electrons. The largest absolute Gasteiger partial charge is 0.289 e. The summed E-state index contributed by atoms with van der Waals surface area (Å²) in [5.74, 6) is 0.182. The summed E-state index contributed by atoms with van der Waals surface area (Å²) < 4.78 is 0. The Labute approximate surface area is 173 Å². The fourth-order valence-corrected chi connectivity index (χ4v) is 4.12. The minimum atomic E-state index is 0.0723. The maximum Gasteiger partial charge on any atom is 0.194 e. The summed E-state index contributed by atoms with van der Waals surface area (Å²) in [6, 6.07) is 21.2. The molecule has 3 aliphatic rings. The molecule has 0 fully saturated rings. The van der Waals surface area contributed by atoms with E-state index in [0.717, 1.165) is 33.4 Å². The highest BCUT2D eigenvalue weighted by atomic mass is 35.5. The summed E-state index contributed by atoms with van der Waals surface area (Å²) in [4.78, 5) is 23.5. The Morgan fingerprint density at radius 2 is 1.34 bits per heavy atom. The Morgan fingerprint density at radius 3 is 2.17 bits per heavy atom. The SMILES string of the molecule is O=C1C=CC=C2C1=Cc1ccccc12.O=C1c2ccccc2-c2ccc(Cl)cc21. The quantitative estimate of drug-likeness (QED) is 0.358. The molecule has 138 valence electrons. The fraction of sp³-hybridized carbons (Fsp3) is 0. The van der Waals surface area contributed by atoms with Crippen LogP contribution in [0.4, 0.5) is 0 Å². The van der Waals surface area contributed by atoms with Gasteiger partial charge < -0.3 is 0 Å². The number of allylic oxidation sites excluding steroid dienone is 5. The van der Waals surface area contributed by atoms with Gasteiger partial charge in [0.05, 0.1) is 0 Å². The highest BCUT2D eigenvalue weighted by Gasteiger charge is 2.26. The second kappa shape index (κ2) is 6.84. The summed E-state index contributed by atoms with van der Waals surface area (Å²) in [6.07, 6.45) is 7.39. The van der Waals surface area contributed by atoms with Crippen molar-refractivity contribution in [3.05, 3.63) is 118 Å². The van der Waals surface area contributed by atoms with Crippen LogP contribution in [-0.4, -0.2) is 11.6 Å². The molecule has 0 atom stereocenters. The number of hydrogen-bond donors (Lipinski definition) is 0. The van der Waals surface area contributed by atoms with Crippen LogP contribution in [0.2, 0.25) is 5.02 Å². The van der Waals surface area contributed by atoms with Crippen LogP contribution in [0.1, 0.15) is 27.0 Å². The first-order valence-electron chi connectivity index (χ1n) is 9.31. The Bertz CT molecular complexity index is 1290. The summed E-state index contributed by atoms with van der Waals surface area (Å²) in [5.41, 5.74) is 7.68. The van der Waals surface area contributed by atoms with Gasteiger partial charge in [0, 0.05) is 21.7 Å². The van der Waals surface area contributed by atoms with Crippen molar-refractivity contribution < 1.29 is 9.59 Å². The molecule has 29 heavy (non-hydrogen) atoms. The molecule has 6 rings (SSSR count). The molecule has 0 aromatic heterocycles.